The van der Waals surface area contributed by atoms with Gasteiger partial charge < -0.3 is 10.1 Å². The van der Waals surface area contributed by atoms with E-state index in [1.165, 1.54) is 16.3 Å². The topological polar surface area (TPSA) is 90.5 Å². The number of hydrogen-bond donors (Lipinski definition) is 1. The molecule has 152 valence electrons. The molecule has 1 amide bonds. The summed E-state index contributed by atoms with van der Waals surface area (Å²) in [6, 6.07) is 16.9. The highest BCUT2D eigenvalue weighted by Crippen LogP contribution is 2.21. The number of fused-ring (bicyclic) bond motifs is 1. The van der Waals surface area contributed by atoms with Crippen molar-refractivity contribution in [2.45, 2.75) is 11.7 Å². The third-order valence-corrected chi connectivity index (χ3v) is 5.39. The molecule has 4 rings (SSSR count). The van der Waals surface area contributed by atoms with Crippen LogP contribution in [-0.4, -0.2) is 37.9 Å². The summed E-state index contributed by atoms with van der Waals surface area (Å²) < 4.78 is 8.39. The summed E-state index contributed by atoms with van der Waals surface area (Å²) in [5.41, 5.74) is 1.50. The molecule has 0 radical (unpaired) electrons. The molecule has 0 atom stereocenters. The summed E-state index contributed by atoms with van der Waals surface area (Å²) in [5.74, 6) is 0.625. The molecule has 0 aliphatic heterocycles. The van der Waals surface area contributed by atoms with Crippen LogP contribution in [0.15, 0.2) is 76.9 Å². The van der Waals surface area contributed by atoms with E-state index in [9.17, 15) is 9.59 Å². The lowest BCUT2D eigenvalue weighted by Crippen LogP contribution is -2.24. The zero-order valence-electron chi connectivity index (χ0n) is 16.2. The zero-order valence-corrected chi connectivity index (χ0v) is 17.0. The van der Waals surface area contributed by atoms with Gasteiger partial charge in [-0.25, -0.2) is 0 Å². The van der Waals surface area contributed by atoms with E-state index in [4.69, 9.17) is 4.74 Å². The predicted octanol–water partition coefficient (Wildman–Crippen LogP) is 2.30. The highest BCUT2D eigenvalue weighted by molar-refractivity contribution is 7.99. The van der Waals surface area contributed by atoms with Crippen molar-refractivity contribution >= 4 is 23.3 Å². The fourth-order valence-corrected chi connectivity index (χ4v) is 3.71. The van der Waals surface area contributed by atoms with Crippen LogP contribution in [-0.2, 0) is 11.3 Å². The highest BCUT2D eigenvalue weighted by Gasteiger charge is 2.15. The molecule has 2 heterocycles. The Bertz CT molecular complexity index is 1240. The molecule has 0 aliphatic carbocycles. The van der Waals surface area contributed by atoms with Crippen LogP contribution in [0.25, 0.3) is 11.3 Å². The second-order valence-electron chi connectivity index (χ2n) is 6.37. The predicted molar refractivity (Wildman–Crippen MR) is 114 cm³/mol. The highest BCUT2D eigenvalue weighted by atomic mass is 32.2. The van der Waals surface area contributed by atoms with Crippen LogP contribution in [0.4, 0.5) is 0 Å². The number of carbonyl (C=O) groups is 1. The Labute approximate surface area is 176 Å². The number of para-hydroxylation sites is 2. The number of nitrogens with one attached hydrogen (secondary N) is 1. The number of ether oxygens (including phenoxy) is 1. The lowest BCUT2D eigenvalue weighted by atomic mass is 10.2. The van der Waals surface area contributed by atoms with E-state index >= 15 is 0 Å². The molecule has 0 fully saturated rings. The zero-order chi connectivity index (χ0) is 20.9. The van der Waals surface area contributed by atoms with Gasteiger partial charge in [0.05, 0.1) is 18.6 Å². The molecular formula is C21H19N5O3S. The van der Waals surface area contributed by atoms with E-state index in [1.807, 2.05) is 42.5 Å². The molecule has 0 bridgehead atoms. The summed E-state index contributed by atoms with van der Waals surface area (Å²) in [7, 11) is 1.55. The molecule has 0 unspecified atom stereocenters. The van der Waals surface area contributed by atoms with Crippen LogP contribution in [0.3, 0.4) is 0 Å². The number of hydrogen-bond acceptors (Lipinski definition) is 6. The van der Waals surface area contributed by atoms with Crippen molar-refractivity contribution in [3.63, 3.8) is 0 Å². The van der Waals surface area contributed by atoms with E-state index in [0.717, 1.165) is 5.56 Å². The van der Waals surface area contributed by atoms with E-state index in [0.29, 0.717) is 23.1 Å². The molecule has 30 heavy (non-hydrogen) atoms. The van der Waals surface area contributed by atoms with Crippen molar-refractivity contribution in [1.82, 2.24) is 24.5 Å². The molecule has 8 nitrogen and oxygen atoms in total. The lowest BCUT2D eigenvalue weighted by molar-refractivity contribution is -0.118. The Kier molecular flexibility index (Phi) is 5.80. The lowest BCUT2D eigenvalue weighted by Gasteiger charge is -2.10. The largest absolute Gasteiger partial charge is 0.495 e. The molecule has 0 spiro atoms. The first-order valence-corrected chi connectivity index (χ1v) is 10.2. The molecule has 2 aromatic heterocycles. The minimum Gasteiger partial charge on any atom is -0.495 e. The van der Waals surface area contributed by atoms with Gasteiger partial charge in [-0.3, -0.25) is 18.6 Å². The van der Waals surface area contributed by atoms with E-state index in [1.54, 1.807) is 36.0 Å². The summed E-state index contributed by atoms with van der Waals surface area (Å²) >= 11 is 1.22. The fourth-order valence-electron chi connectivity index (χ4n) is 2.96. The van der Waals surface area contributed by atoms with Crippen LogP contribution in [0.2, 0.25) is 0 Å². The van der Waals surface area contributed by atoms with Gasteiger partial charge in [-0.05, 0) is 17.7 Å². The van der Waals surface area contributed by atoms with Crippen molar-refractivity contribution in [2.24, 2.45) is 0 Å². The molecule has 1 N–H and O–H groups in total. The third kappa shape index (κ3) is 4.06. The Hall–Kier alpha value is -3.59. The van der Waals surface area contributed by atoms with Gasteiger partial charge in [0.1, 0.15) is 5.75 Å². The van der Waals surface area contributed by atoms with Crippen LogP contribution < -0.4 is 15.6 Å². The van der Waals surface area contributed by atoms with Gasteiger partial charge in [-0.15, -0.1) is 10.2 Å². The number of nitrogens with zero attached hydrogens (tertiary/aromatic N) is 4. The van der Waals surface area contributed by atoms with Crippen LogP contribution in [0, 0.1) is 0 Å². The molecule has 0 saturated carbocycles. The van der Waals surface area contributed by atoms with Crippen molar-refractivity contribution in [1.29, 1.82) is 0 Å². The number of aromatic nitrogens is 4. The SMILES string of the molecule is COc1ccccc1-n1ccn2c(SCC(=O)NCc3ccccc3)nnc2c1=O. The van der Waals surface area contributed by atoms with Crippen LogP contribution in [0.5, 0.6) is 5.75 Å². The second-order valence-corrected chi connectivity index (χ2v) is 7.31. The average Bonchev–Trinajstić information content (AvgIpc) is 3.21. The van der Waals surface area contributed by atoms with Crippen molar-refractivity contribution in [3.05, 3.63) is 82.9 Å². The van der Waals surface area contributed by atoms with E-state index in [2.05, 4.69) is 15.5 Å². The summed E-state index contributed by atoms with van der Waals surface area (Å²) in [4.78, 5) is 25.1. The van der Waals surface area contributed by atoms with Gasteiger partial charge in [0.2, 0.25) is 11.6 Å². The van der Waals surface area contributed by atoms with E-state index in [-0.39, 0.29) is 22.9 Å². The van der Waals surface area contributed by atoms with Gasteiger partial charge in [-0.1, -0.05) is 54.2 Å². The molecular weight excluding hydrogens is 402 g/mol. The maximum absolute atomic E-state index is 12.9. The number of rotatable bonds is 7. The fraction of sp³-hybridized carbons (Fsp3) is 0.143. The molecule has 0 aliphatic rings. The normalized spacial score (nSPS) is 10.8. The number of amides is 1. The monoisotopic (exact) mass is 421 g/mol. The Morgan fingerprint density at radius 1 is 1.07 bits per heavy atom. The number of benzene rings is 2. The van der Waals surface area contributed by atoms with Gasteiger partial charge in [-0.2, -0.15) is 0 Å². The quantitative estimate of drug-likeness (QED) is 0.461. The number of carbonyl (C=O) groups excluding carboxylic acids is 1. The summed E-state index contributed by atoms with van der Waals surface area (Å²) in [5, 5.41) is 11.4. The van der Waals surface area contributed by atoms with Gasteiger partial charge in [0.15, 0.2) is 5.16 Å². The smallest absolute Gasteiger partial charge is 0.300 e. The third-order valence-electron chi connectivity index (χ3n) is 4.45. The van der Waals surface area contributed by atoms with Gasteiger partial charge in [0, 0.05) is 18.9 Å². The number of methoxy groups -OCH3 is 1. The Morgan fingerprint density at radius 2 is 1.83 bits per heavy atom. The Balaban J connectivity index is 1.49. The summed E-state index contributed by atoms with van der Waals surface area (Å²) in [6.45, 7) is 0.463. The van der Waals surface area contributed by atoms with Gasteiger partial charge >= 0.3 is 5.56 Å². The second kappa shape index (κ2) is 8.83. The minimum absolute atomic E-state index is 0.122. The maximum atomic E-state index is 12.9. The standard InChI is InChI=1S/C21H19N5O3S/c1-29-17-10-6-5-9-16(17)25-11-12-26-19(20(25)28)23-24-21(26)30-14-18(27)22-13-15-7-3-2-4-8-15/h2-12H,13-14H2,1H3,(H,22,27). The van der Waals surface area contributed by atoms with E-state index < -0.39 is 0 Å². The minimum atomic E-state index is -0.324. The first-order chi connectivity index (χ1) is 14.7. The Morgan fingerprint density at radius 3 is 2.63 bits per heavy atom. The van der Waals surface area contributed by atoms with Crippen LogP contribution in [0.1, 0.15) is 5.56 Å². The van der Waals surface area contributed by atoms with Crippen molar-refractivity contribution in [3.8, 4) is 11.4 Å². The first kappa shape index (κ1) is 19.7. The molecule has 4 aromatic rings. The van der Waals surface area contributed by atoms with Crippen molar-refractivity contribution < 1.29 is 9.53 Å². The molecule has 9 heteroatoms. The first-order valence-electron chi connectivity index (χ1n) is 9.20. The van der Waals surface area contributed by atoms with Crippen LogP contribution >= 0.6 is 11.8 Å². The van der Waals surface area contributed by atoms with Gasteiger partial charge in [0.25, 0.3) is 0 Å². The summed E-state index contributed by atoms with van der Waals surface area (Å²) in [6.07, 6.45) is 3.34. The molecule has 2 aromatic carbocycles. The van der Waals surface area contributed by atoms with Crippen molar-refractivity contribution in [2.75, 3.05) is 12.9 Å². The average molecular weight is 421 g/mol. The molecule has 0 saturated heterocycles. The maximum Gasteiger partial charge on any atom is 0.300 e. The number of thioether (sulfide) groups is 1.